The topological polar surface area (TPSA) is 12.0 Å². The zero-order valence-electron chi connectivity index (χ0n) is 13.6. The van der Waals surface area contributed by atoms with Crippen molar-refractivity contribution in [3.8, 4) is 0 Å². The Bertz CT molecular complexity index is 492. The smallest absolute Gasteiger partial charge is 0.127 e. The number of rotatable bonds is 5. The van der Waals surface area contributed by atoms with Crippen molar-refractivity contribution in [1.82, 2.24) is 5.32 Å². The van der Waals surface area contributed by atoms with Crippen molar-refractivity contribution >= 4 is 11.6 Å². The first-order valence-electron chi connectivity index (χ1n) is 8.02. The van der Waals surface area contributed by atoms with Crippen molar-refractivity contribution in [1.29, 1.82) is 0 Å². The lowest BCUT2D eigenvalue weighted by Gasteiger charge is -2.40. The van der Waals surface area contributed by atoms with E-state index in [1.807, 2.05) is 20.0 Å². The highest BCUT2D eigenvalue weighted by Gasteiger charge is 2.42. The van der Waals surface area contributed by atoms with Crippen LogP contribution >= 0.6 is 11.6 Å². The van der Waals surface area contributed by atoms with E-state index in [0.29, 0.717) is 16.5 Å². The third-order valence-electron chi connectivity index (χ3n) is 4.90. The molecule has 3 heteroatoms. The zero-order chi connectivity index (χ0) is 15.6. The Kier molecular flexibility index (Phi) is 5.32. The Morgan fingerprint density at radius 1 is 1.29 bits per heavy atom. The van der Waals surface area contributed by atoms with Gasteiger partial charge < -0.3 is 5.32 Å². The molecule has 1 N–H and O–H groups in total. The second-order valence-electron chi connectivity index (χ2n) is 7.01. The molecule has 1 unspecified atom stereocenters. The van der Waals surface area contributed by atoms with Gasteiger partial charge in [0.1, 0.15) is 5.82 Å². The summed E-state index contributed by atoms with van der Waals surface area (Å²) in [5, 5.41) is 4.04. The van der Waals surface area contributed by atoms with E-state index in [1.165, 1.54) is 38.2 Å². The van der Waals surface area contributed by atoms with Gasteiger partial charge in [0.15, 0.2) is 0 Å². The Labute approximate surface area is 133 Å². The summed E-state index contributed by atoms with van der Waals surface area (Å²) in [6.07, 6.45) is 6.20. The second-order valence-corrected chi connectivity index (χ2v) is 7.42. The molecule has 1 nitrogen and oxygen atoms in total. The van der Waals surface area contributed by atoms with E-state index in [1.54, 1.807) is 0 Å². The summed E-state index contributed by atoms with van der Waals surface area (Å²) in [6, 6.07) is 3.60. The van der Waals surface area contributed by atoms with Crippen LogP contribution in [0.1, 0.15) is 63.1 Å². The Morgan fingerprint density at radius 2 is 1.90 bits per heavy atom. The summed E-state index contributed by atoms with van der Waals surface area (Å²) in [5.74, 6) is 0.433. The first-order valence-corrected chi connectivity index (χ1v) is 8.40. The SMILES string of the molecule is CNC(c1cc(C)c(F)cc1Cl)C1(CC(C)C)CCCC1. The van der Waals surface area contributed by atoms with Crippen molar-refractivity contribution in [3.05, 3.63) is 34.1 Å². The second kappa shape index (κ2) is 6.66. The summed E-state index contributed by atoms with van der Waals surface area (Å²) in [6.45, 7) is 6.38. The number of halogens is 2. The molecule has 1 aromatic carbocycles. The molecular weight excluding hydrogens is 285 g/mol. The zero-order valence-corrected chi connectivity index (χ0v) is 14.4. The third-order valence-corrected chi connectivity index (χ3v) is 5.23. The molecule has 21 heavy (non-hydrogen) atoms. The molecule has 0 heterocycles. The standard InChI is InChI=1S/C18H27ClFN/c1-12(2)11-18(7-5-6-8-18)17(21-4)14-9-13(3)16(20)10-15(14)19/h9-10,12,17,21H,5-8,11H2,1-4H3. The molecule has 0 saturated heterocycles. The van der Waals surface area contributed by atoms with Gasteiger partial charge in [0.05, 0.1) is 0 Å². The van der Waals surface area contributed by atoms with Crippen molar-refractivity contribution in [3.63, 3.8) is 0 Å². The molecule has 0 amide bonds. The van der Waals surface area contributed by atoms with E-state index in [9.17, 15) is 4.39 Å². The molecule has 0 radical (unpaired) electrons. The van der Waals surface area contributed by atoms with Crippen LogP contribution in [0.2, 0.25) is 5.02 Å². The van der Waals surface area contributed by atoms with Gasteiger partial charge in [0, 0.05) is 11.1 Å². The minimum Gasteiger partial charge on any atom is -0.312 e. The minimum atomic E-state index is -0.220. The number of nitrogens with one attached hydrogen (secondary N) is 1. The molecule has 1 aliphatic carbocycles. The lowest BCUT2D eigenvalue weighted by atomic mass is 9.70. The molecule has 1 aliphatic rings. The molecule has 1 aromatic rings. The fraction of sp³-hybridized carbons (Fsp3) is 0.667. The fourth-order valence-corrected chi connectivity index (χ4v) is 4.45. The van der Waals surface area contributed by atoms with Crippen molar-refractivity contribution < 1.29 is 4.39 Å². The van der Waals surface area contributed by atoms with Gasteiger partial charge in [-0.1, -0.05) is 44.4 Å². The summed E-state index contributed by atoms with van der Waals surface area (Å²) in [5.41, 5.74) is 1.98. The maximum atomic E-state index is 13.7. The van der Waals surface area contributed by atoms with E-state index in [-0.39, 0.29) is 17.3 Å². The Hall–Kier alpha value is -0.600. The maximum absolute atomic E-state index is 13.7. The van der Waals surface area contributed by atoms with Gasteiger partial charge in [-0.25, -0.2) is 4.39 Å². The molecule has 1 atom stereocenters. The van der Waals surface area contributed by atoms with Crippen LogP contribution in [0.25, 0.3) is 0 Å². The highest BCUT2D eigenvalue weighted by atomic mass is 35.5. The number of aryl methyl sites for hydroxylation is 1. The van der Waals surface area contributed by atoms with E-state index in [0.717, 1.165) is 5.56 Å². The van der Waals surface area contributed by atoms with Crippen LogP contribution in [0.5, 0.6) is 0 Å². The van der Waals surface area contributed by atoms with Gasteiger partial charge in [0.2, 0.25) is 0 Å². The largest absolute Gasteiger partial charge is 0.312 e. The first-order chi connectivity index (χ1) is 9.89. The monoisotopic (exact) mass is 311 g/mol. The van der Waals surface area contributed by atoms with Crippen LogP contribution in [-0.2, 0) is 0 Å². The first kappa shape index (κ1) is 16.8. The van der Waals surface area contributed by atoms with Crippen LogP contribution in [0.3, 0.4) is 0 Å². The summed E-state index contributed by atoms with van der Waals surface area (Å²) in [7, 11) is 2.00. The molecule has 1 saturated carbocycles. The van der Waals surface area contributed by atoms with Crippen molar-refractivity contribution in [2.24, 2.45) is 11.3 Å². The van der Waals surface area contributed by atoms with E-state index < -0.39 is 0 Å². The fourth-order valence-electron chi connectivity index (χ4n) is 4.20. The molecule has 118 valence electrons. The van der Waals surface area contributed by atoms with Crippen molar-refractivity contribution in [2.75, 3.05) is 7.05 Å². The molecule has 1 fully saturated rings. The van der Waals surface area contributed by atoms with Gasteiger partial charge in [0.25, 0.3) is 0 Å². The lowest BCUT2D eigenvalue weighted by molar-refractivity contribution is 0.161. The highest BCUT2D eigenvalue weighted by molar-refractivity contribution is 6.31. The Morgan fingerprint density at radius 3 is 2.43 bits per heavy atom. The molecule has 0 aromatic heterocycles. The quantitative estimate of drug-likeness (QED) is 0.740. The van der Waals surface area contributed by atoms with Crippen LogP contribution in [0.4, 0.5) is 4.39 Å². The predicted octanol–water partition coefficient (Wildman–Crippen LogP) is 5.65. The molecule has 0 bridgehead atoms. The number of benzene rings is 1. The van der Waals surface area contributed by atoms with Gasteiger partial charge in [-0.15, -0.1) is 0 Å². The lowest BCUT2D eigenvalue weighted by Crippen LogP contribution is -2.36. The summed E-state index contributed by atoms with van der Waals surface area (Å²) in [4.78, 5) is 0. The Balaban J connectivity index is 2.44. The van der Waals surface area contributed by atoms with Gasteiger partial charge in [-0.2, -0.15) is 0 Å². The normalized spacial score (nSPS) is 19.2. The van der Waals surface area contributed by atoms with Crippen molar-refractivity contribution in [2.45, 2.75) is 58.9 Å². The molecule has 0 spiro atoms. The van der Waals surface area contributed by atoms with Crippen LogP contribution < -0.4 is 5.32 Å². The predicted molar refractivity (Wildman–Crippen MR) is 88.3 cm³/mol. The average molecular weight is 312 g/mol. The van der Waals surface area contributed by atoms with Crippen LogP contribution in [0.15, 0.2) is 12.1 Å². The highest BCUT2D eigenvalue weighted by Crippen LogP contribution is 2.52. The van der Waals surface area contributed by atoms with Crippen LogP contribution in [0, 0.1) is 24.1 Å². The number of hydrogen-bond donors (Lipinski definition) is 1. The van der Waals surface area contributed by atoms with E-state index in [2.05, 4.69) is 19.2 Å². The molecule has 0 aliphatic heterocycles. The summed E-state index contributed by atoms with van der Waals surface area (Å²) < 4.78 is 13.7. The van der Waals surface area contributed by atoms with Gasteiger partial charge in [-0.05, 0) is 61.8 Å². The minimum absolute atomic E-state index is 0.203. The van der Waals surface area contributed by atoms with E-state index >= 15 is 0 Å². The van der Waals surface area contributed by atoms with Gasteiger partial charge in [-0.3, -0.25) is 0 Å². The van der Waals surface area contributed by atoms with Gasteiger partial charge >= 0.3 is 0 Å². The summed E-state index contributed by atoms with van der Waals surface area (Å²) >= 11 is 6.37. The average Bonchev–Trinajstić information content (AvgIpc) is 2.84. The molecule has 2 rings (SSSR count). The third kappa shape index (κ3) is 3.43. The maximum Gasteiger partial charge on any atom is 0.127 e. The molecular formula is C18H27ClFN. The van der Waals surface area contributed by atoms with E-state index in [4.69, 9.17) is 11.6 Å². The number of hydrogen-bond acceptors (Lipinski definition) is 1. The van der Waals surface area contributed by atoms with Crippen LogP contribution in [-0.4, -0.2) is 7.05 Å².